The molecular formula is C14H11ClFN3. The van der Waals surface area contributed by atoms with E-state index in [1.165, 1.54) is 6.07 Å². The third-order valence-corrected chi connectivity index (χ3v) is 2.94. The van der Waals surface area contributed by atoms with Crippen LogP contribution in [0, 0.1) is 17.1 Å². The summed E-state index contributed by atoms with van der Waals surface area (Å²) in [5, 5.41) is 12.0. The van der Waals surface area contributed by atoms with Crippen LogP contribution in [0.5, 0.6) is 0 Å². The molecule has 0 spiro atoms. The lowest BCUT2D eigenvalue weighted by molar-refractivity contribution is 0.627. The van der Waals surface area contributed by atoms with E-state index in [2.05, 4.69) is 5.32 Å². The molecule has 2 aromatic rings. The normalized spacial score (nSPS) is 9.95. The number of rotatable bonds is 3. The van der Waals surface area contributed by atoms with E-state index in [1.807, 2.05) is 6.07 Å². The highest BCUT2D eigenvalue weighted by molar-refractivity contribution is 6.30. The summed E-state index contributed by atoms with van der Waals surface area (Å²) in [6.45, 7) is 0.444. The molecule has 2 rings (SSSR count). The van der Waals surface area contributed by atoms with E-state index >= 15 is 0 Å². The van der Waals surface area contributed by atoms with Gasteiger partial charge in [-0.25, -0.2) is 4.39 Å². The van der Waals surface area contributed by atoms with E-state index < -0.39 is 5.82 Å². The Bertz CT molecular complexity index is 650. The molecule has 0 atom stereocenters. The molecule has 0 aromatic heterocycles. The Morgan fingerprint density at radius 3 is 2.74 bits per heavy atom. The maximum Gasteiger partial charge on any atom is 0.141 e. The molecule has 3 nitrogen and oxygen atoms in total. The summed E-state index contributed by atoms with van der Waals surface area (Å²) in [5.74, 6) is -0.448. The molecule has 3 N–H and O–H groups in total. The zero-order chi connectivity index (χ0) is 13.8. The molecule has 96 valence electrons. The van der Waals surface area contributed by atoms with Crippen molar-refractivity contribution in [2.45, 2.75) is 6.54 Å². The highest BCUT2D eigenvalue weighted by atomic mass is 35.5. The molecule has 0 heterocycles. The maximum absolute atomic E-state index is 13.0. The van der Waals surface area contributed by atoms with Crippen molar-refractivity contribution in [3.63, 3.8) is 0 Å². The second-order valence-electron chi connectivity index (χ2n) is 4.02. The summed E-state index contributed by atoms with van der Waals surface area (Å²) in [6, 6.07) is 11.5. The molecule has 2 aromatic carbocycles. The fourth-order valence-electron chi connectivity index (χ4n) is 1.63. The first-order valence-corrected chi connectivity index (χ1v) is 5.95. The van der Waals surface area contributed by atoms with E-state index in [9.17, 15) is 4.39 Å². The number of nitrogens with two attached hydrogens (primary N) is 1. The maximum atomic E-state index is 13.0. The predicted octanol–water partition coefficient (Wildman–Crippen LogP) is 3.55. The van der Waals surface area contributed by atoms with Gasteiger partial charge in [0, 0.05) is 6.54 Å². The van der Waals surface area contributed by atoms with Crippen molar-refractivity contribution in [1.29, 1.82) is 5.26 Å². The quantitative estimate of drug-likeness (QED) is 0.842. The monoisotopic (exact) mass is 275 g/mol. The summed E-state index contributed by atoms with van der Waals surface area (Å²) < 4.78 is 13.0. The van der Waals surface area contributed by atoms with Crippen LogP contribution in [0.3, 0.4) is 0 Å². The smallest absolute Gasteiger partial charge is 0.141 e. The number of nitrogens with one attached hydrogen (secondary N) is 1. The van der Waals surface area contributed by atoms with Crippen molar-refractivity contribution in [3.8, 4) is 6.07 Å². The molecule has 0 unspecified atom stereocenters. The highest BCUT2D eigenvalue weighted by Gasteiger charge is 2.03. The van der Waals surface area contributed by atoms with Crippen molar-refractivity contribution in [2.24, 2.45) is 0 Å². The number of hydrogen-bond acceptors (Lipinski definition) is 3. The Hall–Kier alpha value is -2.25. The van der Waals surface area contributed by atoms with Crippen molar-refractivity contribution >= 4 is 23.0 Å². The van der Waals surface area contributed by atoms with Crippen molar-refractivity contribution in [3.05, 3.63) is 58.4 Å². The van der Waals surface area contributed by atoms with E-state index in [0.717, 1.165) is 5.56 Å². The molecule has 19 heavy (non-hydrogen) atoms. The number of nitrogens with zero attached hydrogens (tertiary/aromatic N) is 1. The number of hydrogen-bond donors (Lipinski definition) is 2. The summed E-state index contributed by atoms with van der Waals surface area (Å²) in [5.41, 5.74) is 8.37. The number of halogens is 2. The van der Waals surface area contributed by atoms with E-state index in [0.29, 0.717) is 23.5 Å². The minimum Gasteiger partial charge on any atom is -0.397 e. The standard InChI is InChI=1S/C14H11ClFN3/c15-11-5-10(1-3-12(11)16)8-19-14-6-9(7-17)2-4-13(14)18/h1-6,19H,8,18H2. The van der Waals surface area contributed by atoms with Crippen LogP contribution in [0.2, 0.25) is 5.02 Å². The van der Waals surface area contributed by atoms with Crippen LogP contribution in [-0.4, -0.2) is 0 Å². The lowest BCUT2D eigenvalue weighted by Gasteiger charge is -2.10. The number of nitriles is 1. The van der Waals surface area contributed by atoms with Gasteiger partial charge in [0.1, 0.15) is 5.82 Å². The Labute approximate surface area is 115 Å². The van der Waals surface area contributed by atoms with Crippen LogP contribution in [0.25, 0.3) is 0 Å². The molecule has 0 aliphatic carbocycles. The largest absolute Gasteiger partial charge is 0.397 e. The molecule has 5 heteroatoms. The lowest BCUT2D eigenvalue weighted by Crippen LogP contribution is -2.03. The molecule has 0 fully saturated rings. The van der Waals surface area contributed by atoms with Gasteiger partial charge in [0.15, 0.2) is 0 Å². The van der Waals surface area contributed by atoms with Gasteiger partial charge in [-0.05, 0) is 35.9 Å². The van der Waals surface area contributed by atoms with Gasteiger partial charge in [0.2, 0.25) is 0 Å². The van der Waals surface area contributed by atoms with Gasteiger partial charge in [-0.1, -0.05) is 17.7 Å². The summed E-state index contributed by atoms with van der Waals surface area (Å²) in [6.07, 6.45) is 0. The zero-order valence-corrected chi connectivity index (χ0v) is 10.7. The summed E-state index contributed by atoms with van der Waals surface area (Å²) in [4.78, 5) is 0. The van der Waals surface area contributed by atoms with Gasteiger partial charge >= 0.3 is 0 Å². The lowest BCUT2D eigenvalue weighted by atomic mass is 10.1. The Balaban J connectivity index is 2.14. The third kappa shape index (κ3) is 3.15. The summed E-state index contributed by atoms with van der Waals surface area (Å²) in [7, 11) is 0. The van der Waals surface area contributed by atoms with Crippen molar-refractivity contribution in [2.75, 3.05) is 11.1 Å². The molecule has 0 amide bonds. The van der Waals surface area contributed by atoms with Crippen LogP contribution in [-0.2, 0) is 6.54 Å². The average Bonchev–Trinajstić information content (AvgIpc) is 2.41. The van der Waals surface area contributed by atoms with Crippen LogP contribution >= 0.6 is 11.6 Å². The predicted molar refractivity (Wildman–Crippen MR) is 74.3 cm³/mol. The SMILES string of the molecule is N#Cc1ccc(N)c(NCc2ccc(F)c(Cl)c2)c1. The van der Waals surface area contributed by atoms with Gasteiger partial charge < -0.3 is 11.1 Å². The molecule has 0 saturated carbocycles. The second kappa shape index (κ2) is 5.59. The highest BCUT2D eigenvalue weighted by Crippen LogP contribution is 2.21. The minimum absolute atomic E-state index is 0.0815. The summed E-state index contributed by atoms with van der Waals surface area (Å²) >= 11 is 5.70. The molecule has 0 saturated heterocycles. The van der Waals surface area contributed by atoms with Gasteiger partial charge in [-0.15, -0.1) is 0 Å². The van der Waals surface area contributed by atoms with Crippen molar-refractivity contribution in [1.82, 2.24) is 0 Å². The van der Waals surface area contributed by atoms with Gasteiger partial charge in [0.25, 0.3) is 0 Å². The third-order valence-electron chi connectivity index (χ3n) is 2.65. The molecule has 0 aliphatic heterocycles. The van der Waals surface area contributed by atoms with E-state index in [4.69, 9.17) is 22.6 Å². The van der Waals surface area contributed by atoms with Gasteiger partial charge in [0.05, 0.1) is 28.0 Å². The Morgan fingerprint density at radius 1 is 1.26 bits per heavy atom. The van der Waals surface area contributed by atoms with Gasteiger partial charge in [-0.3, -0.25) is 0 Å². The molecule has 0 bridgehead atoms. The second-order valence-corrected chi connectivity index (χ2v) is 4.42. The fraction of sp³-hybridized carbons (Fsp3) is 0.0714. The number of nitrogen functional groups attached to an aromatic ring is 1. The Morgan fingerprint density at radius 2 is 2.05 bits per heavy atom. The Kier molecular flexibility index (Phi) is 3.88. The molecule has 0 aliphatic rings. The van der Waals surface area contributed by atoms with Crippen LogP contribution in [0.15, 0.2) is 36.4 Å². The number of benzene rings is 2. The average molecular weight is 276 g/mol. The first-order chi connectivity index (χ1) is 9.10. The molecular weight excluding hydrogens is 265 g/mol. The fourth-order valence-corrected chi connectivity index (χ4v) is 1.83. The van der Waals surface area contributed by atoms with Crippen LogP contribution in [0.1, 0.15) is 11.1 Å². The van der Waals surface area contributed by atoms with Crippen LogP contribution in [0.4, 0.5) is 15.8 Å². The number of anilines is 2. The van der Waals surface area contributed by atoms with E-state index in [-0.39, 0.29) is 5.02 Å². The van der Waals surface area contributed by atoms with E-state index in [1.54, 1.807) is 30.3 Å². The minimum atomic E-state index is -0.448. The first kappa shape index (κ1) is 13.2. The van der Waals surface area contributed by atoms with Crippen molar-refractivity contribution < 1.29 is 4.39 Å². The molecule has 0 radical (unpaired) electrons. The topological polar surface area (TPSA) is 61.8 Å². The van der Waals surface area contributed by atoms with Gasteiger partial charge in [-0.2, -0.15) is 5.26 Å². The first-order valence-electron chi connectivity index (χ1n) is 5.57. The van der Waals surface area contributed by atoms with Crippen LogP contribution < -0.4 is 11.1 Å². The zero-order valence-electron chi connectivity index (χ0n) is 9.95.